The van der Waals surface area contributed by atoms with Crippen molar-refractivity contribution < 1.29 is 14.5 Å². The number of H-pyrrole nitrogens is 1. The summed E-state index contributed by atoms with van der Waals surface area (Å²) in [5.74, 6) is -0.526. The molecule has 94 valence electrons. The number of ether oxygens (including phenoxy) is 1. The summed E-state index contributed by atoms with van der Waals surface area (Å²) in [5, 5.41) is 13.2. The molecule has 0 atom stereocenters. The van der Waals surface area contributed by atoms with Crippen molar-refractivity contribution in [1.29, 1.82) is 0 Å². The third-order valence-corrected chi connectivity index (χ3v) is 2.48. The van der Waals surface area contributed by atoms with Crippen LogP contribution >= 0.6 is 0 Å². The van der Waals surface area contributed by atoms with E-state index in [-0.39, 0.29) is 17.6 Å². The van der Waals surface area contributed by atoms with E-state index in [4.69, 9.17) is 0 Å². The second-order valence-electron chi connectivity index (χ2n) is 3.56. The lowest BCUT2D eigenvalue weighted by molar-refractivity contribution is -0.384. The molecule has 1 N–H and O–H groups in total. The third-order valence-electron chi connectivity index (χ3n) is 2.48. The molecule has 2 rings (SSSR count). The number of aromatic nitrogens is 2. The van der Waals surface area contributed by atoms with Gasteiger partial charge >= 0.3 is 5.97 Å². The topological polar surface area (TPSA) is 107 Å². The van der Waals surface area contributed by atoms with E-state index in [1.54, 1.807) is 0 Å². The van der Waals surface area contributed by atoms with E-state index in [1.807, 2.05) is 0 Å². The normalized spacial score (nSPS) is 10.5. The number of methoxy groups -OCH3 is 1. The van der Waals surface area contributed by atoms with Crippen molar-refractivity contribution >= 4 is 22.6 Å². The molecule has 0 spiro atoms. The maximum absolute atomic E-state index is 11.6. The fourth-order valence-electron chi connectivity index (χ4n) is 1.62. The lowest BCUT2D eigenvalue weighted by atomic mass is 10.2. The van der Waals surface area contributed by atoms with Crippen molar-refractivity contribution in [3.63, 3.8) is 0 Å². The Bertz CT molecular complexity index is 684. The molecule has 1 aromatic heterocycles. The first kappa shape index (κ1) is 11.8. The van der Waals surface area contributed by atoms with Gasteiger partial charge in [0.05, 0.1) is 22.9 Å². The first-order valence-electron chi connectivity index (χ1n) is 4.96. The van der Waals surface area contributed by atoms with E-state index < -0.39 is 16.5 Å². The number of nitro groups is 1. The van der Waals surface area contributed by atoms with Gasteiger partial charge in [0.1, 0.15) is 6.54 Å². The smallest absolute Gasteiger partial charge is 0.327 e. The molecule has 2 aromatic rings. The van der Waals surface area contributed by atoms with Gasteiger partial charge in [-0.05, 0) is 6.07 Å². The lowest BCUT2D eigenvalue weighted by Crippen LogP contribution is -2.14. The van der Waals surface area contributed by atoms with E-state index in [1.165, 1.54) is 30.0 Å². The van der Waals surface area contributed by atoms with Crippen molar-refractivity contribution in [2.75, 3.05) is 7.11 Å². The molecule has 0 amide bonds. The second kappa shape index (κ2) is 4.32. The monoisotopic (exact) mass is 251 g/mol. The molecule has 0 aliphatic heterocycles. The van der Waals surface area contributed by atoms with Gasteiger partial charge < -0.3 is 4.74 Å². The van der Waals surface area contributed by atoms with Crippen molar-refractivity contribution in [1.82, 2.24) is 9.78 Å². The zero-order valence-corrected chi connectivity index (χ0v) is 9.37. The van der Waals surface area contributed by atoms with Crippen LogP contribution < -0.4 is 5.56 Å². The molecule has 0 bridgehead atoms. The summed E-state index contributed by atoms with van der Waals surface area (Å²) in [5.41, 5.74) is -0.252. The Kier molecular flexibility index (Phi) is 2.84. The molecule has 18 heavy (non-hydrogen) atoms. The zero-order chi connectivity index (χ0) is 13.3. The van der Waals surface area contributed by atoms with Crippen molar-refractivity contribution in [2.45, 2.75) is 6.54 Å². The van der Waals surface area contributed by atoms with E-state index in [2.05, 4.69) is 9.84 Å². The fourth-order valence-corrected chi connectivity index (χ4v) is 1.62. The number of aromatic amines is 1. The predicted octanol–water partition coefficient (Wildman–Crippen LogP) is 0.411. The van der Waals surface area contributed by atoms with Gasteiger partial charge in [-0.1, -0.05) is 0 Å². The number of carbonyl (C=O) groups is 1. The fraction of sp³-hybridized carbons (Fsp3) is 0.200. The minimum Gasteiger partial charge on any atom is -0.468 e. The highest BCUT2D eigenvalue weighted by molar-refractivity contribution is 5.82. The highest BCUT2D eigenvalue weighted by Gasteiger charge is 2.14. The van der Waals surface area contributed by atoms with Crippen molar-refractivity contribution in [3.05, 3.63) is 38.7 Å². The van der Waals surface area contributed by atoms with E-state index in [9.17, 15) is 19.7 Å². The largest absolute Gasteiger partial charge is 0.468 e. The minimum absolute atomic E-state index is 0.160. The van der Waals surface area contributed by atoms with Crippen molar-refractivity contribution in [3.8, 4) is 0 Å². The van der Waals surface area contributed by atoms with Crippen LogP contribution in [0.5, 0.6) is 0 Å². The Morgan fingerprint density at radius 2 is 2.28 bits per heavy atom. The quantitative estimate of drug-likeness (QED) is 0.483. The van der Waals surface area contributed by atoms with Crippen LogP contribution in [-0.2, 0) is 16.1 Å². The SMILES string of the molecule is COC(=O)Cn1[nH]c(=O)c2cc([N+](=O)[O-])ccc21. The molecule has 0 aliphatic rings. The third kappa shape index (κ3) is 1.95. The first-order chi connectivity index (χ1) is 8.52. The van der Waals surface area contributed by atoms with Gasteiger partial charge in [-0.25, -0.2) is 0 Å². The van der Waals surface area contributed by atoms with Crippen LogP contribution in [0, 0.1) is 10.1 Å². The Morgan fingerprint density at radius 3 is 2.89 bits per heavy atom. The Morgan fingerprint density at radius 1 is 1.56 bits per heavy atom. The summed E-state index contributed by atoms with van der Waals surface area (Å²) in [7, 11) is 1.23. The van der Waals surface area contributed by atoms with E-state index in [0.29, 0.717) is 5.52 Å². The number of hydrogen-bond acceptors (Lipinski definition) is 5. The molecule has 0 fully saturated rings. The number of fused-ring (bicyclic) bond motifs is 1. The van der Waals surface area contributed by atoms with Gasteiger partial charge in [-0.2, -0.15) is 0 Å². The van der Waals surface area contributed by atoms with Crippen molar-refractivity contribution in [2.24, 2.45) is 0 Å². The van der Waals surface area contributed by atoms with Crippen LogP contribution in [-0.4, -0.2) is 27.8 Å². The predicted molar refractivity (Wildman–Crippen MR) is 61.2 cm³/mol. The number of hydrogen-bond donors (Lipinski definition) is 1. The molecule has 8 nitrogen and oxygen atoms in total. The molecule has 8 heteroatoms. The number of nitrogens with one attached hydrogen (secondary N) is 1. The highest BCUT2D eigenvalue weighted by Crippen LogP contribution is 2.17. The number of rotatable bonds is 3. The van der Waals surface area contributed by atoms with E-state index in [0.717, 1.165) is 0 Å². The van der Waals surface area contributed by atoms with Crippen LogP contribution in [0.25, 0.3) is 10.9 Å². The van der Waals surface area contributed by atoms with E-state index >= 15 is 0 Å². The maximum Gasteiger partial charge on any atom is 0.327 e. The number of benzene rings is 1. The number of carbonyl (C=O) groups excluding carboxylic acids is 1. The summed E-state index contributed by atoms with van der Waals surface area (Å²) >= 11 is 0. The molecule has 0 saturated carbocycles. The molecule has 0 radical (unpaired) electrons. The van der Waals surface area contributed by atoms with Crippen LogP contribution in [0.15, 0.2) is 23.0 Å². The molecule has 0 unspecified atom stereocenters. The molecule has 0 aliphatic carbocycles. The van der Waals surface area contributed by atoms with Gasteiger partial charge in [-0.15, -0.1) is 0 Å². The number of non-ortho nitro benzene ring substituents is 1. The van der Waals surface area contributed by atoms with Gasteiger partial charge in [0, 0.05) is 12.1 Å². The zero-order valence-electron chi connectivity index (χ0n) is 9.37. The standard InChI is InChI=1S/C10H9N3O5/c1-18-9(14)5-12-8-3-2-6(13(16)17)4-7(8)10(15)11-12/h2-4H,5H2,1H3,(H,11,15). The summed E-state index contributed by atoms with van der Waals surface area (Å²) in [4.78, 5) is 32.7. The Labute approximate surface area is 99.9 Å². The van der Waals surface area contributed by atoms with Crippen LogP contribution in [0.3, 0.4) is 0 Å². The molecule has 1 aromatic carbocycles. The number of nitro benzene ring substituents is 1. The lowest BCUT2D eigenvalue weighted by Gasteiger charge is -2.02. The van der Waals surface area contributed by atoms with Gasteiger partial charge in [0.2, 0.25) is 0 Å². The number of esters is 1. The van der Waals surface area contributed by atoms with Gasteiger partial charge in [0.25, 0.3) is 11.2 Å². The Hall–Kier alpha value is -2.64. The van der Waals surface area contributed by atoms with Crippen LogP contribution in [0.2, 0.25) is 0 Å². The first-order valence-corrected chi connectivity index (χ1v) is 4.96. The summed E-state index contributed by atoms with van der Waals surface area (Å²) < 4.78 is 5.77. The van der Waals surface area contributed by atoms with Crippen LogP contribution in [0.1, 0.15) is 0 Å². The average Bonchev–Trinajstić information content (AvgIpc) is 2.65. The molecule has 0 saturated heterocycles. The molecular weight excluding hydrogens is 242 g/mol. The van der Waals surface area contributed by atoms with Gasteiger partial charge in [0.15, 0.2) is 0 Å². The van der Waals surface area contributed by atoms with Gasteiger partial charge in [-0.3, -0.25) is 29.5 Å². The molecular formula is C10H9N3O5. The average molecular weight is 251 g/mol. The Balaban J connectivity index is 2.56. The highest BCUT2D eigenvalue weighted by atomic mass is 16.6. The maximum atomic E-state index is 11.6. The number of nitrogens with zero attached hydrogens (tertiary/aromatic N) is 2. The summed E-state index contributed by atoms with van der Waals surface area (Å²) in [6.45, 7) is -0.160. The molecule has 1 heterocycles. The van der Waals surface area contributed by atoms with Crippen LogP contribution in [0.4, 0.5) is 5.69 Å². The summed E-state index contributed by atoms with van der Waals surface area (Å²) in [6, 6.07) is 3.85. The summed E-state index contributed by atoms with van der Waals surface area (Å²) in [6.07, 6.45) is 0. The second-order valence-corrected chi connectivity index (χ2v) is 3.56. The minimum atomic E-state index is -0.587.